The van der Waals surface area contributed by atoms with Gasteiger partial charge in [0.2, 0.25) is 0 Å². The largest absolute Gasteiger partial charge is 0.490 e. The zero-order valence-corrected chi connectivity index (χ0v) is 10.9. The van der Waals surface area contributed by atoms with Gasteiger partial charge < -0.3 is 14.8 Å². The first-order chi connectivity index (χ1) is 8.31. The maximum Gasteiger partial charge on any atom is 0.137 e. The molecule has 4 heteroatoms. The Morgan fingerprint density at radius 3 is 2.65 bits per heavy atom. The monoisotopic (exact) mass is 238 g/mol. The van der Waals surface area contributed by atoms with Crippen LogP contribution in [-0.4, -0.2) is 31.9 Å². The molecule has 1 heterocycles. The highest BCUT2D eigenvalue weighted by Gasteiger charge is 2.07. The number of ether oxygens (including phenoxy) is 2. The summed E-state index contributed by atoms with van der Waals surface area (Å²) in [6.07, 6.45) is 2.79. The predicted octanol–water partition coefficient (Wildman–Crippen LogP) is 2.17. The Morgan fingerprint density at radius 2 is 2.12 bits per heavy atom. The summed E-state index contributed by atoms with van der Waals surface area (Å²) in [5.74, 6) is 0.791. The van der Waals surface area contributed by atoms with Gasteiger partial charge >= 0.3 is 0 Å². The molecule has 17 heavy (non-hydrogen) atoms. The van der Waals surface area contributed by atoms with E-state index < -0.39 is 0 Å². The van der Waals surface area contributed by atoms with Crippen LogP contribution in [0.25, 0.3) is 0 Å². The number of hydrogen-bond donors (Lipinski definition) is 1. The first-order valence-electron chi connectivity index (χ1n) is 6.15. The maximum absolute atomic E-state index is 5.50. The fraction of sp³-hybridized carbons (Fsp3) is 0.615. The third-order valence-corrected chi connectivity index (χ3v) is 2.57. The second-order valence-corrected chi connectivity index (χ2v) is 3.71. The Balaban J connectivity index is 2.44. The molecule has 0 aromatic carbocycles. The number of aromatic nitrogens is 1. The van der Waals surface area contributed by atoms with Crippen LogP contribution in [0, 0.1) is 0 Å². The number of hydrogen-bond acceptors (Lipinski definition) is 4. The van der Waals surface area contributed by atoms with Gasteiger partial charge in [-0.2, -0.15) is 0 Å². The fourth-order valence-corrected chi connectivity index (χ4v) is 1.61. The molecule has 1 unspecified atom stereocenters. The molecule has 0 aliphatic carbocycles. The zero-order valence-electron chi connectivity index (χ0n) is 10.9. The molecule has 1 aromatic heterocycles. The van der Waals surface area contributed by atoms with Crippen LogP contribution in [0.15, 0.2) is 18.3 Å². The molecule has 1 atom stereocenters. The Labute approximate surface area is 103 Å². The summed E-state index contributed by atoms with van der Waals surface area (Å²) in [6.45, 7) is 6.01. The van der Waals surface area contributed by atoms with E-state index in [0.29, 0.717) is 19.3 Å². The Kier molecular flexibility index (Phi) is 6.58. The van der Waals surface area contributed by atoms with Crippen LogP contribution in [0.3, 0.4) is 0 Å². The van der Waals surface area contributed by atoms with Crippen LogP contribution in [0.4, 0.5) is 0 Å². The normalized spacial score (nSPS) is 12.4. The van der Waals surface area contributed by atoms with Crippen LogP contribution >= 0.6 is 0 Å². The van der Waals surface area contributed by atoms with Crippen molar-refractivity contribution < 1.29 is 9.47 Å². The van der Waals surface area contributed by atoms with E-state index in [-0.39, 0.29) is 0 Å². The van der Waals surface area contributed by atoms with Crippen molar-refractivity contribution in [2.75, 3.05) is 26.9 Å². The van der Waals surface area contributed by atoms with Gasteiger partial charge in [0, 0.05) is 12.6 Å². The Bertz CT molecular complexity index is 297. The minimum absolute atomic E-state index is 0.312. The molecule has 0 aliphatic rings. The lowest BCUT2D eigenvalue weighted by Crippen LogP contribution is -2.16. The summed E-state index contributed by atoms with van der Waals surface area (Å²) in [4.78, 5) is 4.39. The Morgan fingerprint density at radius 1 is 1.29 bits per heavy atom. The maximum atomic E-state index is 5.50. The molecule has 0 radical (unpaired) electrons. The van der Waals surface area contributed by atoms with Gasteiger partial charge in [-0.15, -0.1) is 0 Å². The molecule has 96 valence electrons. The quantitative estimate of drug-likeness (QED) is 0.705. The Hall–Kier alpha value is -1.13. The van der Waals surface area contributed by atoms with Gasteiger partial charge in [0.15, 0.2) is 0 Å². The minimum Gasteiger partial charge on any atom is -0.490 e. The molecule has 0 saturated heterocycles. The summed E-state index contributed by atoms with van der Waals surface area (Å²) < 4.78 is 10.7. The second kappa shape index (κ2) is 8.03. The van der Waals surface area contributed by atoms with Crippen molar-refractivity contribution in [1.29, 1.82) is 0 Å². The van der Waals surface area contributed by atoms with Crippen molar-refractivity contribution in [3.8, 4) is 5.75 Å². The summed E-state index contributed by atoms with van der Waals surface area (Å²) in [5, 5.41) is 3.22. The molecule has 4 nitrogen and oxygen atoms in total. The zero-order chi connectivity index (χ0) is 12.5. The summed E-state index contributed by atoms with van der Waals surface area (Å²) in [5.41, 5.74) is 1.05. The van der Waals surface area contributed by atoms with Crippen LogP contribution in [0.2, 0.25) is 0 Å². The fourth-order valence-electron chi connectivity index (χ4n) is 1.61. The van der Waals surface area contributed by atoms with E-state index in [4.69, 9.17) is 9.47 Å². The van der Waals surface area contributed by atoms with Crippen LogP contribution in [0.5, 0.6) is 5.75 Å². The van der Waals surface area contributed by atoms with E-state index in [0.717, 1.165) is 24.5 Å². The highest BCUT2D eigenvalue weighted by molar-refractivity contribution is 5.21. The van der Waals surface area contributed by atoms with Gasteiger partial charge in [-0.3, -0.25) is 4.98 Å². The van der Waals surface area contributed by atoms with E-state index in [1.165, 1.54) is 0 Å². The van der Waals surface area contributed by atoms with Gasteiger partial charge in [-0.05, 0) is 32.5 Å². The molecule has 0 aliphatic heterocycles. The van der Waals surface area contributed by atoms with Gasteiger partial charge in [-0.1, -0.05) is 6.92 Å². The standard InChI is InChI=1S/C13H22N2O2/c1-4-12(14-3)13-7-6-11(10-15-13)17-9-8-16-5-2/h6-7,10,12,14H,4-5,8-9H2,1-3H3. The van der Waals surface area contributed by atoms with Crippen molar-refractivity contribution in [2.24, 2.45) is 0 Å². The van der Waals surface area contributed by atoms with Crippen LogP contribution < -0.4 is 10.1 Å². The summed E-state index contributed by atoms with van der Waals surface area (Å²) in [6, 6.07) is 4.27. The molecular formula is C13H22N2O2. The number of pyridine rings is 1. The molecule has 1 rings (SSSR count). The van der Waals surface area contributed by atoms with E-state index in [9.17, 15) is 0 Å². The number of rotatable bonds is 8. The topological polar surface area (TPSA) is 43.4 Å². The molecule has 0 amide bonds. The minimum atomic E-state index is 0.312. The number of nitrogens with zero attached hydrogens (tertiary/aromatic N) is 1. The average Bonchev–Trinajstić information content (AvgIpc) is 2.38. The molecule has 0 fully saturated rings. The molecule has 0 saturated carbocycles. The lowest BCUT2D eigenvalue weighted by molar-refractivity contribution is 0.110. The molecular weight excluding hydrogens is 216 g/mol. The highest BCUT2D eigenvalue weighted by Crippen LogP contribution is 2.16. The van der Waals surface area contributed by atoms with Gasteiger partial charge in [-0.25, -0.2) is 0 Å². The van der Waals surface area contributed by atoms with Gasteiger partial charge in [0.05, 0.1) is 18.5 Å². The predicted molar refractivity (Wildman–Crippen MR) is 68.3 cm³/mol. The summed E-state index contributed by atoms with van der Waals surface area (Å²) >= 11 is 0. The van der Waals surface area contributed by atoms with E-state index in [1.807, 2.05) is 26.1 Å². The lowest BCUT2D eigenvalue weighted by atomic mass is 10.1. The van der Waals surface area contributed by atoms with E-state index in [2.05, 4.69) is 17.2 Å². The van der Waals surface area contributed by atoms with Crippen molar-refractivity contribution >= 4 is 0 Å². The van der Waals surface area contributed by atoms with Crippen molar-refractivity contribution in [3.05, 3.63) is 24.0 Å². The van der Waals surface area contributed by atoms with Gasteiger partial charge in [0.1, 0.15) is 12.4 Å². The second-order valence-electron chi connectivity index (χ2n) is 3.71. The first kappa shape index (κ1) is 13.9. The summed E-state index contributed by atoms with van der Waals surface area (Å²) in [7, 11) is 1.95. The molecule has 1 N–H and O–H groups in total. The number of nitrogens with one attached hydrogen (secondary N) is 1. The van der Waals surface area contributed by atoms with Crippen LogP contribution in [-0.2, 0) is 4.74 Å². The van der Waals surface area contributed by atoms with E-state index in [1.54, 1.807) is 6.20 Å². The molecule has 0 bridgehead atoms. The third-order valence-electron chi connectivity index (χ3n) is 2.57. The van der Waals surface area contributed by atoms with Gasteiger partial charge in [0.25, 0.3) is 0 Å². The van der Waals surface area contributed by atoms with Crippen molar-refractivity contribution in [1.82, 2.24) is 10.3 Å². The highest BCUT2D eigenvalue weighted by atomic mass is 16.5. The average molecular weight is 238 g/mol. The molecule has 1 aromatic rings. The first-order valence-corrected chi connectivity index (χ1v) is 6.15. The lowest BCUT2D eigenvalue weighted by Gasteiger charge is -2.13. The van der Waals surface area contributed by atoms with Crippen molar-refractivity contribution in [3.63, 3.8) is 0 Å². The SMILES string of the molecule is CCOCCOc1ccc(C(CC)NC)nc1. The van der Waals surface area contributed by atoms with Crippen molar-refractivity contribution in [2.45, 2.75) is 26.3 Å². The van der Waals surface area contributed by atoms with E-state index >= 15 is 0 Å². The smallest absolute Gasteiger partial charge is 0.137 e. The molecule has 0 spiro atoms. The van der Waals surface area contributed by atoms with Crippen LogP contribution in [0.1, 0.15) is 32.0 Å². The third kappa shape index (κ3) is 4.71.